The van der Waals surface area contributed by atoms with E-state index in [2.05, 4.69) is 75.2 Å². The summed E-state index contributed by atoms with van der Waals surface area (Å²) in [4.78, 5) is 24.1. The number of nitrogens with zero attached hydrogens (tertiary/aromatic N) is 2. The van der Waals surface area contributed by atoms with Crippen LogP contribution in [0.5, 0.6) is 0 Å². The molecule has 8 heteroatoms. The predicted octanol–water partition coefficient (Wildman–Crippen LogP) is 6.34. The lowest BCUT2D eigenvalue weighted by Crippen LogP contribution is -2.46. The van der Waals surface area contributed by atoms with E-state index in [9.17, 15) is 4.79 Å². The van der Waals surface area contributed by atoms with Gasteiger partial charge in [0, 0.05) is 12.2 Å². The van der Waals surface area contributed by atoms with Gasteiger partial charge in [0.05, 0.1) is 29.0 Å². The molecular formula is C43H55BN4O3. The van der Waals surface area contributed by atoms with Gasteiger partial charge in [0.1, 0.15) is 5.82 Å². The zero-order valence-corrected chi connectivity index (χ0v) is 31.4. The standard InChI is InChI=1S/C43H55BN4O3/c1-24(2)39(45)41(49)48-21-9-12-37(48)40-46-35-20-14-26(23-36(35)47-40)27-16-17-32(38-28-15-13-25(28)22-33(27)38)30-18-19-34(31-11-8-7-10-29(30)31)44-50-42(3,4)43(5,6)51-44/h7-8,10-11,16-17,23-25,28,33,37-39H,9,12-15,18-22,45H2,1-6H3,(H,46,47). The highest BCUT2D eigenvalue weighted by Gasteiger charge is 2.54. The molecule has 5 aliphatic carbocycles. The molecular weight excluding hydrogens is 631 g/mol. The molecule has 2 saturated carbocycles. The van der Waals surface area contributed by atoms with E-state index < -0.39 is 6.04 Å². The van der Waals surface area contributed by atoms with E-state index in [0.29, 0.717) is 11.8 Å². The summed E-state index contributed by atoms with van der Waals surface area (Å²) in [6, 6.07) is 8.53. The molecule has 7 aliphatic rings. The molecule has 9 rings (SSSR count). The predicted molar refractivity (Wildman–Crippen MR) is 203 cm³/mol. The first-order valence-corrected chi connectivity index (χ1v) is 19.9. The molecule has 0 spiro atoms. The second kappa shape index (κ2) is 12.2. The molecule has 1 aromatic carbocycles. The van der Waals surface area contributed by atoms with E-state index in [4.69, 9.17) is 20.0 Å². The lowest BCUT2D eigenvalue weighted by atomic mass is 9.64. The van der Waals surface area contributed by atoms with E-state index in [1.54, 1.807) is 11.1 Å². The summed E-state index contributed by atoms with van der Waals surface area (Å²) in [6.45, 7) is 13.4. The highest BCUT2D eigenvalue weighted by Crippen LogP contribution is 2.61. The number of nitrogens with one attached hydrogen (secondary N) is 1. The Bertz CT molecular complexity index is 1990. The van der Waals surface area contributed by atoms with Crippen LogP contribution in [-0.4, -0.2) is 51.7 Å². The Morgan fingerprint density at radius 3 is 2.45 bits per heavy atom. The topological polar surface area (TPSA) is 93.5 Å². The highest BCUT2D eigenvalue weighted by atomic mass is 16.7. The van der Waals surface area contributed by atoms with E-state index in [0.717, 1.165) is 68.4 Å². The number of fused-ring (bicyclic) bond motifs is 5. The Kier molecular flexibility index (Phi) is 8.03. The first-order chi connectivity index (χ1) is 24.4. The van der Waals surface area contributed by atoms with E-state index >= 15 is 0 Å². The van der Waals surface area contributed by atoms with Gasteiger partial charge in [0.2, 0.25) is 5.91 Å². The SMILES string of the molecule is CC(C)C(N)C(=O)N1CCCC1c1nc2c([nH]1)CCC(C1=CC=C(C3=c4ccccc4=C(B4OC(C)(C)C(C)(C)O4)CC3)C3C1CC1CCC13)=C2. The fourth-order valence-corrected chi connectivity index (χ4v) is 10.5. The minimum Gasteiger partial charge on any atom is -0.400 e. The van der Waals surface area contributed by atoms with Crippen LogP contribution in [0.3, 0.4) is 0 Å². The number of allylic oxidation sites excluding steroid dienone is 5. The van der Waals surface area contributed by atoms with Crippen LogP contribution in [0.1, 0.15) is 116 Å². The third kappa shape index (κ3) is 5.33. The number of aromatic amines is 1. The minimum atomic E-state index is -0.469. The number of amides is 1. The van der Waals surface area contributed by atoms with Gasteiger partial charge in [-0.1, -0.05) is 50.3 Å². The second-order valence-corrected chi connectivity index (χ2v) is 17.9. The molecule has 6 atom stereocenters. The fourth-order valence-electron chi connectivity index (χ4n) is 10.5. The molecule has 0 bridgehead atoms. The van der Waals surface area contributed by atoms with Gasteiger partial charge in [-0.05, 0) is 159 Å². The average molecular weight is 687 g/mol. The molecule has 51 heavy (non-hydrogen) atoms. The maximum Gasteiger partial charge on any atom is 0.491 e. The van der Waals surface area contributed by atoms with Crippen molar-refractivity contribution in [2.75, 3.05) is 6.54 Å². The van der Waals surface area contributed by atoms with E-state index in [1.807, 2.05) is 18.7 Å². The van der Waals surface area contributed by atoms with Crippen molar-refractivity contribution in [3.63, 3.8) is 0 Å². The van der Waals surface area contributed by atoms with Crippen molar-refractivity contribution in [1.29, 1.82) is 0 Å². The number of hydrogen-bond acceptors (Lipinski definition) is 5. The summed E-state index contributed by atoms with van der Waals surface area (Å²) in [7, 11) is -0.305. The van der Waals surface area contributed by atoms with Crippen LogP contribution in [0.4, 0.5) is 0 Å². The number of H-pyrrole nitrogens is 1. The van der Waals surface area contributed by atoms with Gasteiger partial charge >= 0.3 is 7.12 Å². The number of benzene rings is 1. The second-order valence-electron chi connectivity index (χ2n) is 17.9. The van der Waals surface area contributed by atoms with Gasteiger partial charge < -0.3 is 24.9 Å². The molecule has 2 aliphatic heterocycles. The summed E-state index contributed by atoms with van der Waals surface area (Å²) in [5.74, 6) is 3.84. The Morgan fingerprint density at radius 2 is 1.73 bits per heavy atom. The molecule has 6 unspecified atom stereocenters. The maximum atomic E-state index is 13.3. The average Bonchev–Trinajstić information content (AvgIpc) is 3.85. The first kappa shape index (κ1) is 33.6. The van der Waals surface area contributed by atoms with Crippen molar-refractivity contribution >= 4 is 30.1 Å². The number of rotatable bonds is 6. The summed E-state index contributed by atoms with van der Waals surface area (Å²) >= 11 is 0. The van der Waals surface area contributed by atoms with E-state index in [1.165, 1.54) is 52.0 Å². The Morgan fingerprint density at radius 1 is 0.980 bits per heavy atom. The van der Waals surface area contributed by atoms with Crippen molar-refractivity contribution in [3.8, 4) is 0 Å². The van der Waals surface area contributed by atoms with Gasteiger partial charge in [-0.3, -0.25) is 4.79 Å². The number of hydrogen-bond donors (Lipinski definition) is 2. The van der Waals surface area contributed by atoms with Gasteiger partial charge in [0.25, 0.3) is 0 Å². The van der Waals surface area contributed by atoms with Crippen LogP contribution in [0.2, 0.25) is 0 Å². The molecule has 3 N–H and O–H groups in total. The molecule has 268 valence electrons. The minimum absolute atomic E-state index is 0.0168. The van der Waals surface area contributed by atoms with Crippen LogP contribution in [0.25, 0.3) is 17.1 Å². The summed E-state index contributed by atoms with van der Waals surface area (Å²) < 4.78 is 13.2. The summed E-state index contributed by atoms with van der Waals surface area (Å²) in [5.41, 5.74) is 15.3. The normalized spacial score (nSPS) is 31.0. The smallest absolute Gasteiger partial charge is 0.400 e. The zero-order chi connectivity index (χ0) is 35.4. The molecule has 1 aromatic heterocycles. The lowest BCUT2D eigenvalue weighted by molar-refractivity contribution is -0.134. The summed E-state index contributed by atoms with van der Waals surface area (Å²) in [5, 5.41) is 2.68. The lowest BCUT2D eigenvalue weighted by Gasteiger charge is -2.39. The van der Waals surface area contributed by atoms with E-state index in [-0.39, 0.29) is 36.2 Å². The summed E-state index contributed by atoms with van der Waals surface area (Å²) in [6.07, 6.45) is 17.3. The van der Waals surface area contributed by atoms with Gasteiger partial charge in [-0.15, -0.1) is 0 Å². The molecule has 3 heterocycles. The van der Waals surface area contributed by atoms with Crippen LogP contribution in [0, 0.1) is 29.6 Å². The van der Waals surface area contributed by atoms with Crippen LogP contribution in [-0.2, 0) is 20.5 Å². The molecule has 1 amide bonds. The first-order valence-electron chi connectivity index (χ1n) is 19.9. The Labute approximate surface area is 303 Å². The van der Waals surface area contributed by atoms with Crippen molar-refractivity contribution in [2.24, 2.45) is 35.3 Å². The zero-order valence-electron chi connectivity index (χ0n) is 31.4. The number of carbonyl (C=O) groups excluding carboxylic acids is 1. The van der Waals surface area contributed by atoms with Gasteiger partial charge in [0.15, 0.2) is 0 Å². The van der Waals surface area contributed by atoms with Gasteiger partial charge in [-0.2, -0.15) is 0 Å². The number of imidazole rings is 1. The largest absolute Gasteiger partial charge is 0.491 e. The van der Waals surface area contributed by atoms with Crippen molar-refractivity contribution < 1.29 is 14.1 Å². The van der Waals surface area contributed by atoms with Gasteiger partial charge in [-0.25, -0.2) is 4.98 Å². The third-order valence-corrected chi connectivity index (χ3v) is 14.3. The Hall–Kier alpha value is -3.20. The number of nitrogens with two attached hydrogens (primary N) is 1. The maximum absolute atomic E-state index is 13.3. The number of aryl methyl sites for hydroxylation is 1. The Balaban J connectivity index is 1.07. The monoisotopic (exact) mass is 686 g/mol. The molecule has 2 aromatic rings. The third-order valence-electron chi connectivity index (χ3n) is 14.3. The molecule has 2 saturated heterocycles. The quantitative estimate of drug-likeness (QED) is 0.346. The van der Waals surface area contributed by atoms with Crippen LogP contribution >= 0.6 is 0 Å². The van der Waals surface area contributed by atoms with Crippen molar-refractivity contribution in [2.45, 2.75) is 123 Å². The highest BCUT2D eigenvalue weighted by molar-refractivity contribution is 6.66. The van der Waals surface area contributed by atoms with Crippen LogP contribution < -0.4 is 16.2 Å². The molecule has 0 radical (unpaired) electrons. The number of carbonyl (C=O) groups is 1. The number of aromatic nitrogens is 2. The molecule has 7 nitrogen and oxygen atoms in total. The molecule has 4 fully saturated rings. The number of likely N-dealkylation sites (tertiary alicyclic amines) is 1. The van der Waals surface area contributed by atoms with Crippen molar-refractivity contribution in [1.82, 2.24) is 14.9 Å². The van der Waals surface area contributed by atoms with Crippen molar-refractivity contribution in [3.05, 3.63) is 80.8 Å². The fraction of sp³-hybridized carbons (Fsp3) is 0.581. The van der Waals surface area contributed by atoms with Crippen LogP contribution in [0.15, 0.2) is 53.1 Å².